The van der Waals surface area contributed by atoms with Gasteiger partial charge in [0, 0.05) is 11.3 Å². The van der Waals surface area contributed by atoms with Crippen molar-refractivity contribution in [1.29, 1.82) is 0 Å². The number of halogens is 3. The monoisotopic (exact) mass is 359 g/mol. The zero-order chi connectivity index (χ0) is 19.2. The Morgan fingerprint density at radius 3 is 2.31 bits per heavy atom. The predicted molar refractivity (Wildman–Crippen MR) is 94.5 cm³/mol. The molecule has 6 heteroatoms. The van der Waals surface area contributed by atoms with Gasteiger partial charge in [0.05, 0.1) is 0 Å². The molecule has 0 spiro atoms. The van der Waals surface area contributed by atoms with Crippen LogP contribution < -0.4 is 10.1 Å². The van der Waals surface area contributed by atoms with Gasteiger partial charge in [-0.05, 0) is 47.5 Å². The first-order valence-corrected chi connectivity index (χ1v) is 7.55. The molecule has 0 aliphatic rings. The zero-order valence-corrected chi connectivity index (χ0v) is 13.7. The number of nitrogens with one attached hydrogen (secondary N) is 1. The third-order valence-electron chi connectivity index (χ3n) is 3.32. The Morgan fingerprint density at radius 2 is 1.73 bits per heavy atom. The van der Waals surface area contributed by atoms with Crippen LogP contribution in [-0.2, 0) is 0 Å². The lowest BCUT2D eigenvalue weighted by atomic mass is 10.0. The third kappa shape index (κ3) is 5.37. The van der Waals surface area contributed by atoms with E-state index in [0.29, 0.717) is 22.4 Å². The lowest BCUT2D eigenvalue weighted by Gasteiger charge is -2.10. The fraction of sp³-hybridized carbons (Fsp3) is 0.0500. The van der Waals surface area contributed by atoms with Crippen molar-refractivity contribution in [3.8, 4) is 16.9 Å². The molecule has 0 radical (unpaired) electrons. The molecule has 0 fully saturated rings. The van der Waals surface area contributed by atoms with Crippen LogP contribution in [0.3, 0.4) is 0 Å². The van der Waals surface area contributed by atoms with Crippen LogP contribution in [0.1, 0.15) is 10.4 Å². The van der Waals surface area contributed by atoms with Gasteiger partial charge in [-0.1, -0.05) is 43.5 Å². The predicted octanol–water partition coefficient (Wildman–Crippen LogP) is 5.24. The van der Waals surface area contributed by atoms with Crippen molar-refractivity contribution >= 4 is 5.91 Å². The molecule has 0 aliphatic carbocycles. The molecule has 0 saturated heterocycles. The number of rotatable bonds is 6. The second-order valence-electron chi connectivity index (χ2n) is 5.17. The van der Waals surface area contributed by atoms with E-state index in [9.17, 15) is 18.0 Å². The summed E-state index contributed by atoms with van der Waals surface area (Å²) < 4.78 is 40.5. The third-order valence-corrected chi connectivity index (χ3v) is 3.32. The Balaban J connectivity index is 2.21. The minimum Gasteiger partial charge on any atom is -0.406 e. The van der Waals surface area contributed by atoms with E-state index in [1.807, 2.05) is 0 Å². The van der Waals surface area contributed by atoms with Gasteiger partial charge < -0.3 is 10.1 Å². The molecule has 134 valence electrons. The number of hydrogen-bond acceptors (Lipinski definition) is 2. The van der Waals surface area contributed by atoms with Crippen molar-refractivity contribution in [1.82, 2.24) is 5.32 Å². The van der Waals surface area contributed by atoms with Crippen molar-refractivity contribution in [3.63, 3.8) is 0 Å². The zero-order valence-electron chi connectivity index (χ0n) is 13.7. The molecule has 26 heavy (non-hydrogen) atoms. The Morgan fingerprint density at radius 1 is 1.04 bits per heavy atom. The standard InChI is InChI=1S/C20H16F3NO2/c1-3-6-17(4-2)24-19(25)16-8-5-7-15(13-16)14-9-11-18(12-10-14)26-20(21,22)23/h3-13H,1-2H2,(H,24,25)/b17-6+. The van der Waals surface area contributed by atoms with Gasteiger partial charge in [-0.2, -0.15) is 0 Å². The highest BCUT2D eigenvalue weighted by atomic mass is 19.4. The van der Waals surface area contributed by atoms with E-state index in [0.717, 1.165) is 0 Å². The van der Waals surface area contributed by atoms with Crippen LogP contribution in [0, 0.1) is 0 Å². The summed E-state index contributed by atoms with van der Waals surface area (Å²) in [5, 5.41) is 2.69. The van der Waals surface area contributed by atoms with Crippen LogP contribution in [0.5, 0.6) is 5.75 Å². The Kier molecular flexibility index (Phi) is 6.01. The fourth-order valence-electron chi connectivity index (χ4n) is 2.18. The molecule has 2 aromatic rings. The van der Waals surface area contributed by atoms with Gasteiger partial charge in [-0.3, -0.25) is 4.79 Å². The molecule has 1 N–H and O–H groups in total. The lowest BCUT2D eigenvalue weighted by molar-refractivity contribution is -0.274. The number of alkyl halides is 3. The van der Waals surface area contributed by atoms with Gasteiger partial charge in [0.25, 0.3) is 5.91 Å². The summed E-state index contributed by atoms with van der Waals surface area (Å²) in [5.74, 6) is -0.641. The van der Waals surface area contributed by atoms with Crippen LogP contribution in [-0.4, -0.2) is 12.3 Å². The summed E-state index contributed by atoms with van der Waals surface area (Å²) in [7, 11) is 0. The first kappa shape index (κ1) is 19.1. The quantitative estimate of drug-likeness (QED) is 0.717. The number of benzene rings is 2. The highest BCUT2D eigenvalue weighted by molar-refractivity contribution is 5.96. The van der Waals surface area contributed by atoms with E-state index >= 15 is 0 Å². The molecule has 0 saturated carbocycles. The summed E-state index contributed by atoms with van der Waals surface area (Å²) in [4.78, 5) is 12.3. The SMILES string of the molecule is C=C/C=C(\C=C)NC(=O)c1cccc(-c2ccc(OC(F)(F)F)cc2)c1. The van der Waals surface area contributed by atoms with Gasteiger partial charge in [-0.25, -0.2) is 0 Å². The molecule has 0 aliphatic heterocycles. The summed E-state index contributed by atoms with van der Waals surface area (Å²) in [5.41, 5.74) is 2.24. The van der Waals surface area contributed by atoms with Crippen molar-refractivity contribution in [2.75, 3.05) is 0 Å². The highest BCUT2D eigenvalue weighted by Gasteiger charge is 2.30. The van der Waals surface area contributed by atoms with Gasteiger partial charge in [0.15, 0.2) is 0 Å². The first-order chi connectivity index (χ1) is 12.3. The number of allylic oxidation sites excluding steroid dienone is 3. The largest absolute Gasteiger partial charge is 0.573 e. The van der Waals surface area contributed by atoms with E-state index in [1.165, 1.54) is 36.4 Å². The fourth-order valence-corrected chi connectivity index (χ4v) is 2.18. The maximum atomic E-state index is 12.3. The molecule has 1 amide bonds. The maximum Gasteiger partial charge on any atom is 0.573 e. The molecular formula is C20H16F3NO2. The number of hydrogen-bond donors (Lipinski definition) is 1. The number of amides is 1. The van der Waals surface area contributed by atoms with Gasteiger partial charge in [0.1, 0.15) is 5.75 Å². The normalized spacial score (nSPS) is 11.6. The van der Waals surface area contributed by atoms with Gasteiger partial charge in [-0.15, -0.1) is 13.2 Å². The van der Waals surface area contributed by atoms with E-state index in [2.05, 4.69) is 23.2 Å². The molecule has 0 bridgehead atoms. The molecule has 0 atom stereocenters. The lowest BCUT2D eigenvalue weighted by Crippen LogP contribution is -2.21. The minimum atomic E-state index is -4.73. The molecule has 2 rings (SSSR count). The first-order valence-electron chi connectivity index (χ1n) is 7.55. The summed E-state index contributed by atoms with van der Waals surface area (Å²) in [6.07, 6.45) is -0.115. The number of carbonyl (C=O) groups excluding carboxylic acids is 1. The van der Waals surface area contributed by atoms with Crippen LogP contribution >= 0.6 is 0 Å². The second-order valence-corrected chi connectivity index (χ2v) is 5.17. The van der Waals surface area contributed by atoms with Crippen molar-refractivity contribution < 1.29 is 22.7 Å². The van der Waals surface area contributed by atoms with Gasteiger partial charge >= 0.3 is 6.36 Å². The Bertz CT molecular complexity index is 837. The Hall–Kier alpha value is -3.28. The molecule has 0 heterocycles. The van der Waals surface area contributed by atoms with Crippen LogP contribution in [0.2, 0.25) is 0 Å². The Labute approximate surface area is 149 Å². The average Bonchev–Trinajstić information content (AvgIpc) is 2.60. The van der Waals surface area contributed by atoms with E-state index in [-0.39, 0.29) is 11.7 Å². The maximum absolute atomic E-state index is 12.3. The van der Waals surface area contributed by atoms with E-state index < -0.39 is 6.36 Å². The average molecular weight is 359 g/mol. The molecular weight excluding hydrogens is 343 g/mol. The number of ether oxygens (including phenoxy) is 1. The summed E-state index contributed by atoms with van der Waals surface area (Å²) in [6.45, 7) is 7.16. The number of carbonyl (C=O) groups is 1. The second kappa shape index (κ2) is 8.20. The van der Waals surface area contributed by atoms with Crippen molar-refractivity contribution in [3.05, 3.63) is 91.2 Å². The van der Waals surface area contributed by atoms with Crippen LogP contribution in [0.15, 0.2) is 85.6 Å². The minimum absolute atomic E-state index is 0.305. The summed E-state index contributed by atoms with van der Waals surface area (Å²) >= 11 is 0. The topological polar surface area (TPSA) is 38.3 Å². The summed E-state index contributed by atoms with van der Waals surface area (Å²) in [6, 6.07) is 12.1. The molecule has 0 aromatic heterocycles. The molecule has 3 nitrogen and oxygen atoms in total. The van der Waals surface area contributed by atoms with Crippen molar-refractivity contribution in [2.24, 2.45) is 0 Å². The van der Waals surface area contributed by atoms with Gasteiger partial charge in [0.2, 0.25) is 0 Å². The van der Waals surface area contributed by atoms with Crippen LogP contribution in [0.4, 0.5) is 13.2 Å². The van der Waals surface area contributed by atoms with Crippen LogP contribution in [0.25, 0.3) is 11.1 Å². The van der Waals surface area contributed by atoms with Crippen molar-refractivity contribution in [2.45, 2.75) is 6.36 Å². The molecule has 0 unspecified atom stereocenters. The van der Waals surface area contributed by atoms with E-state index in [1.54, 1.807) is 30.3 Å². The van der Waals surface area contributed by atoms with E-state index in [4.69, 9.17) is 0 Å². The highest BCUT2D eigenvalue weighted by Crippen LogP contribution is 2.27. The smallest absolute Gasteiger partial charge is 0.406 e. The molecule has 2 aromatic carbocycles.